The van der Waals surface area contributed by atoms with Crippen molar-refractivity contribution < 1.29 is 18.7 Å². The first-order chi connectivity index (χ1) is 12.9. The number of rotatable bonds is 2. The Hall–Kier alpha value is -3.11. The van der Waals surface area contributed by atoms with Crippen LogP contribution in [0.5, 0.6) is 0 Å². The third kappa shape index (κ3) is 3.71. The first-order valence-electron chi connectivity index (χ1n) is 8.08. The van der Waals surface area contributed by atoms with Crippen LogP contribution < -0.4 is 5.32 Å². The Morgan fingerprint density at radius 2 is 2.11 bits per heavy atom. The molecule has 138 valence electrons. The van der Waals surface area contributed by atoms with Crippen LogP contribution in [0.1, 0.15) is 22.7 Å². The van der Waals surface area contributed by atoms with E-state index in [0.717, 1.165) is 5.56 Å². The van der Waals surface area contributed by atoms with Crippen molar-refractivity contribution in [3.8, 4) is 6.07 Å². The first kappa shape index (κ1) is 18.7. The fraction of sp³-hybridized carbons (Fsp3) is 0.211. The maximum absolute atomic E-state index is 13.8. The number of hydrogen-bond donors (Lipinski definition) is 1. The normalized spacial score (nSPS) is 15.5. The maximum atomic E-state index is 13.8. The van der Waals surface area contributed by atoms with Crippen LogP contribution in [0.4, 0.5) is 14.9 Å². The van der Waals surface area contributed by atoms with Crippen molar-refractivity contribution in [2.45, 2.75) is 12.5 Å². The summed E-state index contributed by atoms with van der Waals surface area (Å²) in [5.41, 5.74) is 1.57. The van der Waals surface area contributed by atoms with Crippen molar-refractivity contribution in [1.82, 2.24) is 4.90 Å². The number of halogens is 2. The minimum atomic E-state index is -1.09. The number of anilines is 1. The lowest BCUT2D eigenvalue weighted by atomic mass is 9.92. The third-order valence-corrected chi connectivity index (χ3v) is 4.59. The number of nitrogens with one attached hydrogen (secondary N) is 1. The van der Waals surface area contributed by atoms with Gasteiger partial charge in [0.25, 0.3) is 5.91 Å². The number of hydrogen-bond acceptors (Lipinski definition) is 4. The molecule has 0 saturated heterocycles. The average molecular weight is 388 g/mol. The van der Waals surface area contributed by atoms with Gasteiger partial charge in [0.1, 0.15) is 17.9 Å². The summed E-state index contributed by atoms with van der Waals surface area (Å²) in [6, 6.07) is 9.46. The summed E-state index contributed by atoms with van der Waals surface area (Å²) in [7, 11) is 1.21. The SMILES string of the molecule is COC(=O)N1CCc2ccc(F)cc2C1C(=O)Nc1cc(Cl)ccc1C#N. The van der Waals surface area contributed by atoms with Crippen molar-refractivity contribution in [2.24, 2.45) is 0 Å². The molecule has 0 spiro atoms. The number of benzene rings is 2. The van der Waals surface area contributed by atoms with E-state index in [0.29, 0.717) is 17.0 Å². The molecule has 0 saturated carbocycles. The minimum Gasteiger partial charge on any atom is -0.453 e. The number of fused-ring (bicyclic) bond motifs is 1. The van der Waals surface area contributed by atoms with E-state index >= 15 is 0 Å². The van der Waals surface area contributed by atoms with Gasteiger partial charge < -0.3 is 10.1 Å². The second-order valence-corrected chi connectivity index (χ2v) is 6.39. The van der Waals surface area contributed by atoms with E-state index in [1.165, 1.54) is 42.3 Å². The van der Waals surface area contributed by atoms with Crippen LogP contribution in [0, 0.1) is 17.1 Å². The molecule has 1 aliphatic heterocycles. The Morgan fingerprint density at radius 1 is 1.33 bits per heavy atom. The van der Waals surface area contributed by atoms with E-state index in [-0.39, 0.29) is 17.8 Å². The van der Waals surface area contributed by atoms with Crippen molar-refractivity contribution in [3.05, 3.63) is 63.9 Å². The highest BCUT2D eigenvalue weighted by molar-refractivity contribution is 6.31. The largest absolute Gasteiger partial charge is 0.453 e. The molecule has 3 rings (SSSR count). The van der Waals surface area contributed by atoms with Crippen molar-refractivity contribution in [2.75, 3.05) is 19.0 Å². The molecule has 0 aliphatic carbocycles. The van der Waals surface area contributed by atoms with Crippen LogP contribution in [0.2, 0.25) is 5.02 Å². The van der Waals surface area contributed by atoms with Gasteiger partial charge in [0.15, 0.2) is 0 Å². The second kappa shape index (κ2) is 7.64. The minimum absolute atomic E-state index is 0.211. The van der Waals surface area contributed by atoms with Crippen LogP contribution in [0.25, 0.3) is 0 Å². The molecule has 1 aliphatic rings. The lowest BCUT2D eigenvalue weighted by molar-refractivity contribution is -0.121. The quantitative estimate of drug-likeness (QED) is 0.852. The molecule has 0 fully saturated rings. The molecular weight excluding hydrogens is 373 g/mol. The van der Waals surface area contributed by atoms with Gasteiger partial charge in [-0.3, -0.25) is 9.69 Å². The van der Waals surface area contributed by atoms with Crippen LogP contribution in [0.15, 0.2) is 36.4 Å². The van der Waals surface area contributed by atoms with Crippen molar-refractivity contribution in [3.63, 3.8) is 0 Å². The summed E-state index contributed by atoms with van der Waals surface area (Å²) in [4.78, 5) is 26.4. The summed E-state index contributed by atoms with van der Waals surface area (Å²) in [5, 5.41) is 12.2. The van der Waals surface area contributed by atoms with Gasteiger partial charge in [0, 0.05) is 11.6 Å². The van der Waals surface area contributed by atoms with E-state index in [2.05, 4.69) is 5.32 Å². The Bertz CT molecular complexity index is 958. The van der Waals surface area contributed by atoms with E-state index in [4.69, 9.17) is 16.3 Å². The highest BCUT2D eigenvalue weighted by atomic mass is 35.5. The summed E-state index contributed by atoms with van der Waals surface area (Å²) >= 11 is 5.95. The molecule has 0 aromatic heterocycles. The highest BCUT2D eigenvalue weighted by Crippen LogP contribution is 2.32. The zero-order chi connectivity index (χ0) is 19.6. The molecule has 1 atom stereocenters. The summed E-state index contributed by atoms with van der Waals surface area (Å²) in [6.45, 7) is 0.240. The molecule has 0 bridgehead atoms. The van der Waals surface area contributed by atoms with Crippen LogP contribution in [-0.4, -0.2) is 30.6 Å². The maximum Gasteiger partial charge on any atom is 0.410 e. The van der Waals surface area contributed by atoms with E-state index in [9.17, 15) is 19.2 Å². The molecule has 1 N–H and O–H groups in total. The van der Waals surface area contributed by atoms with Gasteiger partial charge in [-0.05, 0) is 47.9 Å². The van der Waals surface area contributed by atoms with Crippen molar-refractivity contribution >= 4 is 29.3 Å². The number of methoxy groups -OCH3 is 1. The Morgan fingerprint density at radius 3 is 2.81 bits per heavy atom. The summed E-state index contributed by atoms with van der Waals surface area (Å²) in [5.74, 6) is -1.11. The Kier molecular flexibility index (Phi) is 5.28. The fourth-order valence-electron chi connectivity index (χ4n) is 3.10. The molecule has 2 aromatic carbocycles. The molecular formula is C19H15ClFN3O3. The number of carbonyl (C=O) groups is 2. The predicted octanol–water partition coefficient (Wildman–Crippen LogP) is 3.66. The third-order valence-electron chi connectivity index (χ3n) is 4.35. The van der Waals surface area contributed by atoms with Crippen molar-refractivity contribution in [1.29, 1.82) is 5.26 Å². The van der Waals surface area contributed by atoms with Crippen LogP contribution >= 0.6 is 11.6 Å². The Labute approximate surface area is 160 Å². The summed E-state index contributed by atoms with van der Waals surface area (Å²) < 4.78 is 18.6. The molecule has 2 amide bonds. The lowest BCUT2D eigenvalue weighted by Gasteiger charge is -2.35. The van der Waals surface area contributed by atoms with Gasteiger partial charge >= 0.3 is 6.09 Å². The average Bonchev–Trinajstić information content (AvgIpc) is 2.66. The van der Waals surface area contributed by atoms with Gasteiger partial charge in [-0.1, -0.05) is 17.7 Å². The standard InChI is InChI=1S/C19H15ClFN3O3/c1-27-19(26)24-7-6-11-3-5-14(21)9-15(11)17(24)18(25)23-16-8-13(20)4-2-12(16)10-22/h2-5,8-9,17H,6-7H2,1H3,(H,23,25). The topological polar surface area (TPSA) is 82.4 Å². The van der Waals surface area contributed by atoms with E-state index < -0.39 is 23.9 Å². The molecule has 6 nitrogen and oxygen atoms in total. The predicted molar refractivity (Wildman–Crippen MR) is 96.8 cm³/mol. The molecule has 27 heavy (non-hydrogen) atoms. The van der Waals surface area contributed by atoms with Gasteiger partial charge in [-0.2, -0.15) is 5.26 Å². The molecule has 0 radical (unpaired) electrons. The molecule has 8 heteroatoms. The van der Waals surface area contributed by atoms with E-state index in [1.54, 1.807) is 6.07 Å². The number of carbonyl (C=O) groups excluding carboxylic acids is 2. The number of ether oxygens (including phenoxy) is 1. The fourth-order valence-corrected chi connectivity index (χ4v) is 3.27. The van der Waals surface area contributed by atoms with Crippen LogP contribution in [-0.2, 0) is 16.0 Å². The first-order valence-corrected chi connectivity index (χ1v) is 8.46. The number of amides is 2. The smallest absolute Gasteiger partial charge is 0.410 e. The van der Waals surface area contributed by atoms with Gasteiger partial charge in [0.05, 0.1) is 18.4 Å². The zero-order valence-electron chi connectivity index (χ0n) is 14.3. The highest BCUT2D eigenvalue weighted by Gasteiger charge is 2.37. The van der Waals surface area contributed by atoms with Gasteiger partial charge in [-0.15, -0.1) is 0 Å². The molecule has 2 aromatic rings. The zero-order valence-corrected chi connectivity index (χ0v) is 15.1. The second-order valence-electron chi connectivity index (χ2n) is 5.95. The number of nitrogens with zero attached hydrogens (tertiary/aromatic N) is 2. The van der Waals surface area contributed by atoms with Gasteiger partial charge in [0.2, 0.25) is 0 Å². The summed E-state index contributed by atoms with van der Waals surface area (Å²) in [6.07, 6.45) is -0.230. The van der Waals surface area contributed by atoms with E-state index in [1.807, 2.05) is 6.07 Å². The monoisotopic (exact) mass is 387 g/mol. The Balaban J connectivity index is 2.02. The van der Waals surface area contributed by atoms with Crippen LogP contribution in [0.3, 0.4) is 0 Å². The van der Waals surface area contributed by atoms with Gasteiger partial charge in [-0.25, -0.2) is 9.18 Å². The number of nitriles is 1. The molecule has 1 heterocycles. The molecule has 1 unspecified atom stereocenters. The lowest BCUT2D eigenvalue weighted by Crippen LogP contribution is -2.45.